The van der Waals surface area contributed by atoms with Gasteiger partial charge in [0, 0.05) is 24.3 Å². The quantitative estimate of drug-likeness (QED) is 0.799. The Morgan fingerprint density at radius 1 is 1.04 bits per heavy atom. The van der Waals surface area contributed by atoms with Gasteiger partial charge in [0.25, 0.3) is 0 Å². The minimum Gasteiger partial charge on any atom is -0.384 e. The lowest BCUT2D eigenvalue weighted by atomic mass is 9.98. The molecule has 0 spiro atoms. The summed E-state index contributed by atoms with van der Waals surface area (Å²) in [5, 5.41) is 6.36. The van der Waals surface area contributed by atoms with Crippen molar-refractivity contribution in [3.05, 3.63) is 59.2 Å². The van der Waals surface area contributed by atoms with Crippen LogP contribution >= 0.6 is 0 Å². The van der Waals surface area contributed by atoms with E-state index in [4.69, 9.17) is 0 Å². The van der Waals surface area contributed by atoms with Gasteiger partial charge in [-0.25, -0.2) is 0 Å². The van der Waals surface area contributed by atoms with Gasteiger partial charge >= 0.3 is 0 Å². The second kappa shape index (κ2) is 7.82. The first-order valence-electron chi connectivity index (χ1n) is 8.17. The number of amides is 1. The molecule has 2 N–H and O–H groups in total. The third-order valence-electron chi connectivity index (χ3n) is 3.92. The molecular weight excluding hydrogens is 284 g/mol. The Hall–Kier alpha value is -2.29. The van der Waals surface area contributed by atoms with Gasteiger partial charge in [-0.1, -0.05) is 49.7 Å². The minimum atomic E-state index is 0.0287. The van der Waals surface area contributed by atoms with Crippen molar-refractivity contribution in [3.63, 3.8) is 0 Å². The molecule has 0 aliphatic heterocycles. The van der Waals surface area contributed by atoms with Crippen molar-refractivity contribution in [1.82, 2.24) is 0 Å². The molecule has 3 nitrogen and oxygen atoms in total. The average Bonchev–Trinajstić information content (AvgIpc) is 2.51. The summed E-state index contributed by atoms with van der Waals surface area (Å²) in [5.41, 5.74) is 5.70. The van der Waals surface area contributed by atoms with E-state index in [0.29, 0.717) is 18.9 Å². The summed E-state index contributed by atoms with van der Waals surface area (Å²) in [6.07, 6.45) is 0.444. The molecule has 2 aromatic rings. The molecule has 122 valence electrons. The molecule has 0 aliphatic rings. The minimum absolute atomic E-state index is 0.0287. The molecule has 0 aromatic heterocycles. The normalized spacial score (nSPS) is 10.7. The molecule has 23 heavy (non-hydrogen) atoms. The Bertz CT molecular complexity index is 660. The highest BCUT2D eigenvalue weighted by Crippen LogP contribution is 2.27. The molecule has 0 bridgehead atoms. The fourth-order valence-electron chi connectivity index (χ4n) is 2.57. The molecule has 1 amide bonds. The van der Waals surface area contributed by atoms with Gasteiger partial charge in [0.05, 0.1) is 0 Å². The van der Waals surface area contributed by atoms with Crippen molar-refractivity contribution in [2.75, 3.05) is 17.2 Å². The Morgan fingerprint density at radius 2 is 1.74 bits per heavy atom. The number of hydrogen-bond donors (Lipinski definition) is 2. The molecule has 0 heterocycles. The van der Waals surface area contributed by atoms with Crippen molar-refractivity contribution < 1.29 is 4.79 Å². The molecule has 2 aromatic carbocycles. The first kappa shape index (κ1) is 17.1. The zero-order chi connectivity index (χ0) is 16.8. The zero-order valence-electron chi connectivity index (χ0n) is 14.4. The molecule has 0 saturated carbocycles. The van der Waals surface area contributed by atoms with Crippen LogP contribution in [0, 0.1) is 13.8 Å². The molecular formula is C20H26N2O. The third-order valence-corrected chi connectivity index (χ3v) is 3.92. The summed E-state index contributed by atoms with van der Waals surface area (Å²) in [7, 11) is 0. The number of nitrogens with one attached hydrogen (secondary N) is 2. The first-order valence-corrected chi connectivity index (χ1v) is 8.17. The Labute approximate surface area is 139 Å². The van der Waals surface area contributed by atoms with E-state index >= 15 is 0 Å². The third kappa shape index (κ3) is 4.85. The van der Waals surface area contributed by atoms with Crippen molar-refractivity contribution >= 4 is 17.3 Å². The van der Waals surface area contributed by atoms with Gasteiger partial charge in [0.1, 0.15) is 0 Å². The number of anilines is 2. The number of para-hydroxylation sites is 1. The lowest BCUT2D eigenvalue weighted by molar-refractivity contribution is -0.115. The van der Waals surface area contributed by atoms with Gasteiger partial charge in [-0.05, 0) is 43.0 Å². The highest BCUT2D eigenvalue weighted by atomic mass is 16.1. The van der Waals surface area contributed by atoms with E-state index in [0.717, 1.165) is 11.4 Å². The van der Waals surface area contributed by atoms with Crippen LogP contribution in [0.5, 0.6) is 0 Å². The lowest BCUT2D eigenvalue weighted by Gasteiger charge is -2.17. The van der Waals surface area contributed by atoms with Gasteiger partial charge < -0.3 is 10.6 Å². The summed E-state index contributed by atoms with van der Waals surface area (Å²) >= 11 is 0. The average molecular weight is 310 g/mol. The number of carbonyl (C=O) groups is 1. The molecule has 0 radical (unpaired) electrons. The van der Waals surface area contributed by atoms with Crippen LogP contribution in [0.1, 0.15) is 42.9 Å². The molecule has 0 unspecified atom stereocenters. The van der Waals surface area contributed by atoms with E-state index in [9.17, 15) is 4.79 Å². The SMILES string of the molecule is Cc1ccc(NC(=O)CCNc2c(C)cccc2C(C)C)cc1. The standard InChI is InChI=1S/C20H26N2O/c1-14(2)18-7-5-6-16(4)20(18)21-13-12-19(23)22-17-10-8-15(3)9-11-17/h5-11,14,21H,12-13H2,1-4H3,(H,22,23). The predicted molar refractivity (Wildman–Crippen MR) is 98.2 cm³/mol. The van der Waals surface area contributed by atoms with Crippen molar-refractivity contribution in [3.8, 4) is 0 Å². The highest BCUT2D eigenvalue weighted by Gasteiger charge is 2.09. The maximum Gasteiger partial charge on any atom is 0.226 e. The van der Waals surface area contributed by atoms with E-state index in [1.54, 1.807) is 0 Å². The summed E-state index contributed by atoms with van der Waals surface area (Å²) in [4.78, 5) is 12.0. The Morgan fingerprint density at radius 3 is 2.39 bits per heavy atom. The van der Waals surface area contributed by atoms with E-state index in [2.05, 4.69) is 49.6 Å². The summed E-state index contributed by atoms with van der Waals surface area (Å²) in [6.45, 7) is 9.13. The predicted octanol–water partition coefficient (Wildman–Crippen LogP) is 4.87. The molecule has 0 saturated heterocycles. The number of carbonyl (C=O) groups excluding carboxylic acids is 1. The topological polar surface area (TPSA) is 41.1 Å². The van der Waals surface area contributed by atoms with Crippen molar-refractivity contribution in [1.29, 1.82) is 0 Å². The summed E-state index contributed by atoms with van der Waals surface area (Å²) < 4.78 is 0. The van der Waals surface area contributed by atoms with Crippen LogP contribution in [0.3, 0.4) is 0 Å². The van der Waals surface area contributed by atoms with Crippen LogP contribution < -0.4 is 10.6 Å². The molecule has 0 fully saturated rings. The van der Waals surface area contributed by atoms with Gasteiger partial charge in [0.2, 0.25) is 5.91 Å². The number of aryl methyl sites for hydroxylation is 2. The number of benzene rings is 2. The highest BCUT2D eigenvalue weighted by molar-refractivity contribution is 5.91. The Balaban J connectivity index is 1.90. The van der Waals surface area contributed by atoms with Gasteiger partial charge in [-0.2, -0.15) is 0 Å². The fourth-order valence-corrected chi connectivity index (χ4v) is 2.57. The van der Waals surface area contributed by atoms with E-state index in [-0.39, 0.29) is 5.91 Å². The maximum absolute atomic E-state index is 12.0. The van der Waals surface area contributed by atoms with Gasteiger partial charge in [0.15, 0.2) is 0 Å². The van der Waals surface area contributed by atoms with E-state index < -0.39 is 0 Å². The molecule has 3 heteroatoms. The smallest absolute Gasteiger partial charge is 0.226 e. The van der Waals surface area contributed by atoms with Crippen LogP contribution in [-0.2, 0) is 4.79 Å². The fraction of sp³-hybridized carbons (Fsp3) is 0.350. The maximum atomic E-state index is 12.0. The number of hydrogen-bond acceptors (Lipinski definition) is 2. The van der Waals surface area contributed by atoms with E-state index in [1.807, 2.05) is 31.2 Å². The second-order valence-corrected chi connectivity index (χ2v) is 6.28. The van der Waals surface area contributed by atoms with Crippen LogP contribution in [0.15, 0.2) is 42.5 Å². The van der Waals surface area contributed by atoms with Crippen LogP contribution in [0.25, 0.3) is 0 Å². The lowest BCUT2D eigenvalue weighted by Crippen LogP contribution is -2.17. The van der Waals surface area contributed by atoms with E-state index in [1.165, 1.54) is 16.7 Å². The summed E-state index contributed by atoms with van der Waals surface area (Å²) in [5.74, 6) is 0.486. The Kier molecular flexibility index (Phi) is 5.80. The zero-order valence-corrected chi connectivity index (χ0v) is 14.4. The largest absolute Gasteiger partial charge is 0.384 e. The van der Waals surface area contributed by atoms with Gasteiger partial charge in [-0.3, -0.25) is 4.79 Å². The summed E-state index contributed by atoms with van der Waals surface area (Å²) in [6, 6.07) is 14.2. The molecule has 0 atom stereocenters. The second-order valence-electron chi connectivity index (χ2n) is 6.28. The van der Waals surface area contributed by atoms with Crippen LogP contribution in [0.2, 0.25) is 0 Å². The molecule has 0 aliphatic carbocycles. The first-order chi connectivity index (χ1) is 11.0. The van der Waals surface area contributed by atoms with Crippen molar-refractivity contribution in [2.45, 2.75) is 40.0 Å². The van der Waals surface area contributed by atoms with Gasteiger partial charge in [-0.15, -0.1) is 0 Å². The van der Waals surface area contributed by atoms with Crippen LogP contribution in [0.4, 0.5) is 11.4 Å². The monoisotopic (exact) mass is 310 g/mol. The molecule has 2 rings (SSSR count). The van der Waals surface area contributed by atoms with Crippen molar-refractivity contribution in [2.24, 2.45) is 0 Å². The number of rotatable bonds is 6. The van der Waals surface area contributed by atoms with Crippen LogP contribution in [-0.4, -0.2) is 12.5 Å².